The highest BCUT2D eigenvalue weighted by molar-refractivity contribution is 7.91. The van der Waals surface area contributed by atoms with E-state index in [0.29, 0.717) is 24.2 Å². The van der Waals surface area contributed by atoms with Crippen LogP contribution in [0.1, 0.15) is 23.7 Å². The summed E-state index contributed by atoms with van der Waals surface area (Å²) in [5.41, 5.74) is 1.93. The molecule has 1 amide bonds. The number of nitrogens with one attached hydrogen (secondary N) is 1. The number of aromatic nitrogens is 1. The monoisotopic (exact) mass is 359 g/mol. The minimum atomic E-state index is -2.97. The van der Waals surface area contributed by atoms with Gasteiger partial charge in [0.05, 0.1) is 29.0 Å². The van der Waals surface area contributed by atoms with Crippen molar-refractivity contribution in [2.75, 3.05) is 28.3 Å². The predicted molar refractivity (Wildman–Crippen MR) is 98.7 cm³/mol. The fourth-order valence-electron chi connectivity index (χ4n) is 3.11. The summed E-state index contributed by atoms with van der Waals surface area (Å²) in [5, 5.41) is 2.83. The van der Waals surface area contributed by atoms with Gasteiger partial charge in [0.25, 0.3) is 5.91 Å². The van der Waals surface area contributed by atoms with E-state index in [2.05, 4.69) is 10.3 Å². The maximum Gasteiger partial charge on any atom is 0.257 e. The van der Waals surface area contributed by atoms with Crippen molar-refractivity contribution in [2.24, 2.45) is 0 Å². The van der Waals surface area contributed by atoms with Gasteiger partial charge in [-0.3, -0.25) is 9.78 Å². The van der Waals surface area contributed by atoms with E-state index in [1.807, 2.05) is 42.2 Å². The number of hydrogen-bond donors (Lipinski definition) is 1. The van der Waals surface area contributed by atoms with Gasteiger partial charge in [-0.25, -0.2) is 8.42 Å². The number of rotatable bonds is 5. The first-order chi connectivity index (χ1) is 12.0. The number of carbonyl (C=O) groups excluding carboxylic acids is 1. The minimum absolute atomic E-state index is 0.0655. The molecule has 2 heterocycles. The van der Waals surface area contributed by atoms with Crippen LogP contribution in [0.5, 0.6) is 0 Å². The lowest BCUT2D eigenvalue weighted by Gasteiger charge is -2.29. The quantitative estimate of drug-likeness (QED) is 0.886. The molecule has 6 nitrogen and oxygen atoms in total. The summed E-state index contributed by atoms with van der Waals surface area (Å²) < 4.78 is 23.5. The van der Waals surface area contributed by atoms with E-state index in [1.165, 1.54) is 6.20 Å². The molecule has 132 valence electrons. The number of amides is 1. The molecule has 1 fully saturated rings. The Labute approximate surface area is 147 Å². The standard InChI is InChI=1S/C18H21N3O3S/c1-2-21(16-8-9-25(23,24)13-16)17-10-14(11-19-12-17)18(22)20-15-6-4-3-5-7-15/h3-7,10-12,16H,2,8-9,13H2,1H3,(H,20,22). The average molecular weight is 359 g/mol. The number of benzene rings is 1. The van der Waals surface area contributed by atoms with Crippen molar-refractivity contribution in [1.82, 2.24) is 4.98 Å². The summed E-state index contributed by atoms with van der Waals surface area (Å²) in [7, 11) is -2.97. The minimum Gasteiger partial charge on any atom is -0.367 e. The number of anilines is 2. The van der Waals surface area contributed by atoms with Gasteiger partial charge in [0.15, 0.2) is 9.84 Å². The van der Waals surface area contributed by atoms with E-state index in [9.17, 15) is 13.2 Å². The predicted octanol–water partition coefficient (Wildman–Crippen LogP) is 2.35. The zero-order valence-corrected chi connectivity index (χ0v) is 14.9. The molecule has 0 bridgehead atoms. The van der Waals surface area contributed by atoms with Crippen LogP contribution in [0, 0.1) is 0 Å². The largest absolute Gasteiger partial charge is 0.367 e. The molecule has 0 saturated carbocycles. The van der Waals surface area contributed by atoms with Crippen LogP contribution >= 0.6 is 0 Å². The van der Waals surface area contributed by atoms with Crippen LogP contribution in [-0.2, 0) is 9.84 Å². The Morgan fingerprint density at radius 3 is 2.68 bits per heavy atom. The van der Waals surface area contributed by atoms with Gasteiger partial charge in [-0.05, 0) is 31.5 Å². The smallest absolute Gasteiger partial charge is 0.257 e. The van der Waals surface area contributed by atoms with E-state index < -0.39 is 9.84 Å². The van der Waals surface area contributed by atoms with Crippen molar-refractivity contribution >= 4 is 27.1 Å². The molecule has 2 aromatic rings. The van der Waals surface area contributed by atoms with Crippen LogP contribution in [0.3, 0.4) is 0 Å². The first kappa shape index (κ1) is 17.4. The lowest BCUT2D eigenvalue weighted by atomic mass is 10.1. The second-order valence-electron chi connectivity index (χ2n) is 6.09. The third-order valence-corrected chi connectivity index (χ3v) is 6.09. The van der Waals surface area contributed by atoms with Crippen molar-refractivity contribution < 1.29 is 13.2 Å². The van der Waals surface area contributed by atoms with E-state index in [1.54, 1.807) is 12.3 Å². The van der Waals surface area contributed by atoms with Crippen molar-refractivity contribution in [2.45, 2.75) is 19.4 Å². The number of nitrogens with zero attached hydrogens (tertiary/aromatic N) is 2. The highest BCUT2D eigenvalue weighted by Crippen LogP contribution is 2.24. The lowest BCUT2D eigenvalue weighted by Crippen LogP contribution is -2.36. The third kappa shape index (κ3) is 4.17. The highest BCUT2D eigenvalue weighted by Gasteiger charge is 2.32. The fourth-order valence-corrected chi connectivity index (χ4v) is 4.84. The van der Waals surface area contributed by atoms with Crippen molar-refractivity contribution in [1.29, 1.82) is 0 Å². The van der Waals surface area contributed by atoms with Crippen LogP contribution in [0.2, 0.25) is 0 Å². The van der Waals surface area contributed by atoms with Crippen molar-refractivity contribution in [3.63, 3.8) is 0 Å². The van der Waals surface area contributed by atoms with E-state index in [-0.39, 0.29) is 23.5 Å². The van der Waals surface area contributed by atoms with E-state index >= 15 is 0 Å². The SMILES string of the molecule is CCN(c1cncc(C(=O)Nc2ccccc2)c1)C1CCS(=O)(=O)C1. The molecule has 1 N–H and O–H groups in total. The van der Waals surface area contributed by atoms with Gasteiger partial charge in [0, 0.05) is 24.5 Å². The Bertz CT molecular complexity index is 853. The second-order valence-corrected chi connectivity index (χ2v) is 8.32. The summed E-state index contributed by atoms with van der Waals surface area (Å²) in [6, 6.07) is 10.9. The van der Waals surface area contributed by atoms with Gasteiger partial charge < -0.3 is 10.2 Å². The highest BCUT2D eigenvalue weighted by atomic mass is 32.2. The third-order valence-electron chi connectivity index (χ3n) is 4.34. The van der Waals surface area contributed by atoms with Crippen molar-refractivity contribution in [3.05, 3.63) is 54.4 Å². The molecule has 0 spiro atoms. The Balaban J connectivity index is 1.79. The van der Waals surface area contributed by atoms with Crippen LogP contribution < -0.4 is 10.2 Å². The number of carbonyl (C=O) groups is 1. The normalized spacial score (nSPS) is 18.7. The van der Waals surface area contributed by atoms with Crippen molar-refractivity contribution in [3.8, 4) is 0 Å². The lowest BCUT2D eigenvalue weighted by molar-refractivity contribution is 0.102. The van der Waals surface area contributed by atoms with Gasteiger partial charge >= 0.3 is 0 Å². The van der Waals surface area contributed by atoms with Crippen LogP contribution in [0.15, 0.2) is 48.8 Å². The molecule has 0 radical (unpaired) electrons. The molecule has 1 atom stereocenters. The maximum absolute atomic E-state index is 12.4. The van der Waals surface area contributed by atoms with E-state index in [0.717, 1.165) is 5.69 Å². The van der Waals surface area contributed by atoms with Gasteiger partial charge in [0.1, 0.15) is 0 Å². The number of hydrogen-bond acceptors (Lipinski definition) is 5. The molecule has 1 aromatic carbocycles. The van der Waals surface area contributed by atoms with E-state index in [4.69, 9.17) is 0 Å². The van der Waals surface area contributed by atoms with Gasteiger partial charge in [-0.15, -0.1) is 0 Å². The summed E-state index contributed by atoms with van der Waals surface area (Å²) in [6.45, 7) is 2.63. The Morgan fingerprint density at radius 1 is 1.28 bits per heavy atom. The zero-order chi connectivity index (χ0) is 17.9. The Morgan fingerprint density at radius 2 is 2.04 bits per heavy atom. The average Bonchev–Trinajstić information content (AvgIpc) is 2.96. The molecule has 25 heavy (non-hydrogen) atoms. The molecule has 1 aromatic heterocycles. The van der Waals surface area contributed by atoms with Crippen LogP contribution in [0.25, 0.3) is 0 Å². The second kappa shape index (κ2) is 7.23. The molecule has 3 rings (SSSR count). The first-order valence-corrected chi connectivity index (χ1v) is 10.1. The summed E-state index contributed by atoms with van der Waals surface area (Å²) >= 11 is 0. The molecule has 1 unspecified atom stereocenters. The Kier molecular flexibility index (Phi) is 5.03. The molecule has 7 heteroatoms. The van der Waals surface area contributed by atoms with Crippen LogP contribution in [0.4, 0.5) is 11.4 Å². The summed E-state index contributed by atoms with van der Waals surface area (Å²) in [4.78, 5) is 18.6. The number of sulfone groups is 1. The molecular weight excluding hydrogens is 338 g/mol. The number of pyridine rings is 1. The fraction of sp³-hybridized carbons (Fsp3) is 0.333. The molecule has 1 aliphatic rings. The van der Waals surface area contributed by atoms with Gasteiger partial charge in [-0.2, -0.15) is 0 Å². The number of para-hydroxylation sites is 1. The van der Waals surface area contributed by atoms with Gasteiger partial charge in [-0.1, -0.05) is 18.2 Å². The Hall–Kier alpha value is -2.41. The topological polar surface area (TPSA) is 79.4 Å². The van der Waals surface area contributed by atoms with Crippen LogP contribution in [-0.4, -0.2) is 43.4 Å². The summed E-state index contributed by atoms with van der Waals surface area (Å²) in [5.74, 6) is 0.132. The zero-order valence-electron chi connectivity index (χ0n) is 14.1. The molecule has 1 saturated heterocycles. The first-order valence-electron chi connectivity index (χ1n) is 8.27. The molecule has 0 aliphatic carbocycles. The van der Waals surface area contributed by atoms with Gasteiger partial charge in [0.2, 0.25) is 0 Å². The molecular formula is C18H21N3O3S. The maximum atomic E-state index is 12.4. The molecule has 1 aliphatic heterocycles. The summed E-state index contributed by atoms with van der Waals surface area (Å²) in [6.07, 6.45) is 3.80.